The van der Waals surface area contributed by atoms with Crippen LogP contribution in [0.15, 0.2) is 36.8 Å². The molecule has 10 heteroatoms. The highest BCUT2D eigenvalue weighted by Crippen LogP contribution is 2.30. The van der Waals surface area contributed by atoms with Crippen molar-refractivity contribution in [1.29, 1.82) is 0 Å². The second kappa shape index (κ2) is 8.21. The van der Waals surface area contributed by atoms with Crippen LogP contribution in [0.1, 0.15) is 33.1 Å². The van der Waals surface area contributed by atoms with Gasteiger partial charge < -0.3 is 16.0 Å². The van der Waals surface area contributed by atoms with Gasteiger partial charge in [0.2, 0.25) is 11.9 Å². The van der Waals surface area contributed by atoms with Gasteiger partial charge in [-0.1, -0.05) is 0 Å². The second-order valence-corrected chi connectivity index (χ2v) is 7.85. The van der Waals surface area contributed by atoms with Crippen molar-refractivity contribution >= 4 is 28.8 Å². The van der Waals surface area contributed by atoms with Crippen LogP contribution in [-0.4, -0.2) is 54.7 Å². The SMILES string of the molecule is CC(=O)NC1(C)CCC1.CNc1nc(NC)c2c(-c3ccc4nccn4n3)ccn2n1. The minimum Gasteiger partial charge on any atom is -0.371 e. The first kappa shape index (κ1) is 20.6. The number of amides is 1. The van der Waals surface area contributed by atoms with Crippen LogP contribution in [0.4, 0.5) is 11.8 Å². The van der Waals surface area contributed by atoms with Crippen LogP contribution in [0.3, 0.4) is 0 Å². The van der Waals surface area contributed by atoms with E-state index in [1.807, 2.05) is 37.6 Å². The Balaban J connectivity index is 0.000000217. The third kappa shape index (κ3) is 4.14. The van der Waals surface area contributed by atoms with Crippen molar-refractivity contribution in [3.63, 3.8) is 0 Å². The molecule has 0 aromatic carbocycles. The van der Waals surface area contributed by atoms with Crippen molar-refractivity contribution in [2.45, 2.75) is 38.6 Å². The lowest BCUT2D eigenvalue weighted by Gasteiger charge is -2.38. The lowest BCUT2D eigenvalue weighted by atomic mass is 9.78. The first-order valence-electron chi connectivity index (χ1n) is 10.3. The summed E-state index contributed by atoms with van der Waals surface area (Å²) in [5.74, 6) is 1.39. The van der Waals surface area contributed by atoms with Gasteiger partial charge in [0.1, 0.15) is 5.52 Å². The number of nitrogens with one attached hydrogen (secondary N) is 3. The topological polar surface area (TPSA) is 114 Å². The van der Waals surface area contributed by atoms with Crippen molar-refractivity contribution in [3.8, 4) is 11.3 Å². The van der Waals surface area contributed by atoms with Crippen LogP contribution in [0.5, 0.6) is 0 Å². The largest absolute Gasteiger partial charge is 0.371 e. The van der Waals surface area contributed by atoms with Gasteiger partial charge in [-0.2, -0.15) is 10.1 Å². The maximum absolute atomic E-state index is 10.5. The van der Waals surface area contributed by atoms with Gasteiger partial charge in [0, 0.05) is 50.7 Å². The molecule has 0 radical (unpaired) electrons. The number of hydrogen-bond acceptors (Lipinski definition) is 7. The zero-order valence-electron chi connectivity index (χ0n) is 18.2. The van der Waals surface area contributed by atoms with E-state index in [1.54, 1.807) is 29.2 Å². The minimum atomic E-state index is 0.0946. The molecule has 5 rings (SSSR count). The maximum atomic E-state index is 10.5. The normalized spacial score (nSPS) is 14.5. The van der Waals surface area contributed by atoms with Crippen LogP contribution in [0, 0.1) is 0 Å². The Kier molecular flexibility index (Phi) is 5.45. The van der Waals surface area contributed by atoms with Gasteiger partial charge in [-0.3, -0.25) is 4.79 Å². The molecule has 1 saturated carbocycles. The smallest absolute Gasteiger partial charge is 0.242 e. The number of rotatable bonds is 4. The fourth-order valence-electron chi connectivity index (χ4n) is 3.73. The monoisotopic (exact) mass is 421 g/mol. The summed E-state index contributed by atoms with van der Waals surface area (Å²) >= 11 is 0. The van der Waals surface area contributed by atoms with E-state index in [-0.39, 0.29) is 11.4 Å². The minimum absolute atomic E-state index is 0.0946. The molecule has 0 saturated heterocycles. The van der Waals surface area contributed by atoms with Gasteiger partial charge in [-0.05, 0) is 44.4 Å². The van der Waals surface area contributed by atoms with Crippen LogP contribution in [0.2, 0.25) is 0 Å². The zero-order valence-corrected chi connectivity index (χ0v) is 18.2. The molecule has 4 aromatic heterocycles. The Hall–Kier alpha value is -3.69. The molecule has 31 heavy (non-hydrogen) atoms. The van der Waals surface area contributed by atoms with E-state index in [4.69, 9.17) is 0 Å². The highest BCUT2D eigenvalue weighted by molar-refractivity contribution is 5.87. The summed E-state index contributed by atoms with van der Waals surface area (Å²) in [6.07, 6.45) is 9.00. The van der Waals surface area contributed by atoms with E-state index in [0.29, 0.717) is 5.95 Å². The maximum Gasteiger partial charge on any atom is 0.242 e. The van der Waals surface area contributed by atoms with E-state index in [0.717, 1.165) is 41.1 Å². The number of carbonyl (C=O) groups excluding carboxylic acids is 1. The average molecular weight is 422 g/mol. The third-order valence-electron chi connectivity index (χ3n) is 5.44. The Morgan fingerprint density at radius 2 is 1.87 bits per heavy atom. The summed E-state index contributed by atoms with van der Waals surface area (Å²) in [6.45, 7) is 3.67. The summed E-state index contributed by atoms with van der Waals surface area (Å²) in [6, 6.07) is 5.87. The Morgan fingerprint density at radius 3 is 2.48 bits per heavy atom. The highest BCUT2D eigenvalue weighted by atomic mass is 16.1. The molecule has 0 atom stereocenters. The first-order chi connectivity index (χ1) is 14.9. The Morgan fingerprint density at radius 1 is 1.06 bits per heavy atom. The van der Waals surface area contributed by atoms with Crippen molar-refractivity contribution < 1.29 is 4.79 Å². The number of anilines is 2. The van der Waals surface area contributed by atoms with Gasteiger partial charge in [-0.15, -0.1) is 5.10 Å². The molecule has 4 aromatic rings. The van der Waals surface area contributed by atoms with Crippen LogP contribution >= 0.6 is 0 Å². The molecule has 10 nitrogen and oxygen atoms in total. The molecule has 0 unspecified atom stereocenters. The van der Waals surface area contributed by atoms with Crippen molar-refractivity contribution in [3.05, 3.63) is 36.8 Å². The zero-order chi connectivity index (χ0) is 22.0. The molecule has 1 fully saturated rings. The fraction of sp³-hybridized carbons (Fsp3) is 0.381. The predicted octanol–water partition coefficient (Wildman–Crippen LogP) is 2.59. The molecule has 4 heterocycles. The molecule has 0 spiro atoms. The van der Waals surface area contributed by atoms with E-state index in [2.05, 4.69) is 43.0 Å². The second-order valence-electron chi connectivity index (χ2n) is 7.85. The summed E-state index contributed by atoms with van der Waals surface area (Å²) < 4.78 is 3.54. The predicted molar refractivity (Wildman–Crippen MR) is 120 cm³/mol. The number of imidazole rings is 1. The fourth-order valence-corrected chi connectivity index (χ4v) is 3.73. The Labute approximate surface area is 180 Å². The number of nitrogens with zero attached hydrogens (tertiary/aromatic N) is 6. The average Bonchev–Trinajstić information content (AvgIpc) is 3.38. The van der Waals surface area contributed by atoms with Crippen molar-refractivity contribution in [2.75, 3.05) is 24.7 Å². The number of carbonyl (C=O) groups is 1. The molecule has 1 aliphatic carbocycles. The first-order valence-corrected chi connectivity index (χ1v) is 10.3. The van der Waals surface area contributed by atoms with Crippen LogP contribution in [-0.2, 0) is 4.79 Å². The number of aromatic nitrogens is 6. The molecule has 1 aliphatic rings. The van der Waals surface area contributed by atoms with Gasteiger partial charge in [0.25, 0.3) is 0 Å². The summed E-state index contributed by atoms with van der Waals surface area (Å²) in [5, 5.41) is 18.0. The van der Waals surface area contributed by atoms with Gasteiger partial charge in [0.05, 0.1) is 5.69 Å². The van der Waals surface area contributed by atoms with E-state index < -0.39 is 0 Å². The lowest BCUT2D eigenvalue weighted by molar-refractivity contribution is -0.121. The van der Waals surface area contributed by atoms with Crippen molar-refractivity contribution in [2.24, 2.45) is 0 Å². The van der Waals surface area contributed by atoms with Crippen LogP contribution in [0.25, 0.3) is 22.4 Å². The molecular formula is C21H27N9O. The molecule has 162 valence electrons. The highest BCUT2D eigenvalue weighted by Gasteiger charge is 2.31. The molecule has 3 N–H and O–H groups in total. The van der Waals surface area contributed by atoms with E-state index in [1.165, 1.54) is 6.42 Å². The van der Waals surface area contributed by atoms with Crippen molar-refractivity contribution in [1.82, 2.24) is 34.5 Å². The molecule has 0 aliphatic heterocycles. The Bertz CT molecular complexity index is 1220. The summed E-state index contributed by atoms with van der Waals surface area (Å²) in [4.78, 5) is 19.2. The summed E-state index contributed by atoms with van der Waals surface area (Å²) in [7, 11) is 3.63. The number of fused-ring (bicyclic) bond motifs is 2. The molecular weight excluding hydrogens is 394 g/mol. The lowest BCUT2D eigenvalue weighted by Crippen LogP contribution is -2.50. The van der Waals surface area contributed by atoms with Gasteiger partial charge >= 0.3 is 0 Å². The number of hydrogen-bond donors (Lipinski definition) is 3. The van der Waals surface area contributed by atoms with Crippen LogP contribution < -0.4 is 16.0 Å². The van der Waals surface area contributed by atoms with E-state index >= 15 is 0 Å². The van der Waals surface area contributed by atoms with Gasteiger partial charge in [0.15, 0.2) is 11.5 Å². The third-order valence-corrected chi connectivity index (χ3v) is 5.44. The summed E-state index contributed by atoms with van der Waals surface area (Å²) in [5.41, 5.74) is 3.64. The molecule has 1 amide bonds. The quantitative estimate of drug-likeness (QED) is 0.464. The van der Waals surface area contributed by atoms with E-state index in [9.17, 15) is 4.79 Å². The van der Waals surface area contributed by atoms with Gasteiger partial charge in [-0.25, -0.2) is 14.0 Å². The molecule has 0 bridgehead atoms. The standard InChI is InChI=1S/C14H14N8.C7H13NO/c1-15-13-12-9(5-7-22(12)20-14(16-2)18-13)10-3-4-11-17-6-8-21(11)19-10;1-6(9)8-7(2)4-3-5-7/h3-8H,1-2H3,(H2,15,16,18,20);3-5H2,1-2H3,(H,8,9).